The Kier molecular flexibility index (Phi) is 4.10. The number of carbonyl (C=O) groups is 1. The quantitative estimate of drug-likeness (QED) is 0.401. The van der Waals surface area contributed by atoms with Gasteiger partial charge >= 0.3 is 5.97 Å². The lowest BCUT2D eigenvalue weighted by atomic mass is 10.1. The van der Waals surface area contributed by atoms with Crippen molar-refractivity contribution in [3.05, 3.63) is 65.0 Å². The maximum Gasteiger partial charge on any atom is 0.365 e. The van der Waals surface area contributed by atoms with Crippen LogP contribution in [0.5, 0.6) is 0 Å². The molecule has 1 aromatic carbocycles. The SMILES string of the molecule is Cc1ccc(C(=O)ON=C(N)c2ccncc2)cc1C. The third kappa shape index (κ3) is 3.20. The van der Waals surface area contributed by atoms with E-state index in [1.807, 2.05) is 19.9 Å². The van der Waals surface area contributed by atoms with E-state index in [1.54, 1.807) is 36.7 Å². The Bertz CT molecular complexity index is 651. The zero-order valence-corrected chi connectivity index (χ0v) is 11.3. The highest BCUT2D eigenvalue weighted by Crippen LogP contribution is 2.11. The number of aryl methyl sites for hydroxylation is 2. The molecule has 0 aliphatic heterocycles. The normalized spacial score (nSPS) is 11.2. The first-order chi connectivity index (χ1) is 9.58. The molecule has 1 heterocycles. The van der Waals surface area contributed by atoms with Crippen molar-refractivity contribution in [2.24, 2.45) is 10.9 Å². The molecule has 0 atom stereocenters. The third-order valence-corrected chi connectivity index (χ3v) is 2.95. The fourth-order valence-corrected chi connectivity index (χ4v) is 1.59. The van der Waals surface area contributed by atoms with E-state index >= 15 is 0 Å². The number of oxime groups is 1. The Morgan fingerprint density at radius 2 is 1.80 bits per heavy atom. The summed E-state index contributed by atoms with van der Waals surface area (Å²) >= 11 is 0. The highest BCUT2D eigenvalue weighted by atomic mass is 16.7. The lowest BCUT2D eigenvalue weighted by Crippen LogP contribution is -2.15. The molecular formula is C15H15N3O2. The monoisotopic (exact) mass is 269 g/mol. The van der Waals surface area contributed by atoms with Crippen LogP contribution < -0.4 is 5.73 Å². The van der Waals surface area contributed by atoms with Gasteiger partial charge in [-0.15, -0.1) is 0 Å². The molecule has 0 aliphatic carbocycles. The van der Waals surface area contributed by atoms with E-state index < -0.39 is 5.97 Å². The van der Waals surface area contributed by atoms with Crippen LogP contribution >= 0.6 is 0 Å². The zero-order chi connectivity index (χ0) is 14.5. The maximum atomic E-state index is 11.8. The van der Waals surface area contributed by atoms with Gasteiger partial charge in [-0.05, 0) is 49.2 Å². The average molecular weight is 269 g/mol. The van der Waals surface area contributed by atoms with Gasteiger partial charge in [-0.25, -0.2) is 4.79 Å². The molecule has 0 unspecified atom stereocenters. The molecular weight excluding hydrogens is 254 g/mol. The van der Waals surface area contributed by atoms with Gasteiger partial charge in [-0.1, -0.05) is 11.2 Å². The number of hydrogen-bond donors (Lipinski definition) is 1. The van der Waals surface area contributed by atoms with Crippen LogP contribution in [0.4, 0.5) is 0 Å². The van der Waals surface area contributed by atoms with Gasteiger partial charge in [-0.3, -0.25) is 4.98 Å². The summed E-state index contributed by atoms with van der Waals surface area (Å²) in [7, 11) is 0. The van der Waals surface area contributed by atoms with Crippen LogP contribution in [-0.4, -0.2) is 16.8 Å². The minimum Gasteiger partial charge on any atom is -0.380 e. The molecule has 0 fully saturated rings. The van der Waals surface area contributed by atoms with Gasteiger partial charge in [0.25, 0.3) is 0 Å². The maximum absolute atomic E-state index is 11.8. The second kappa shape index (κ2) is 5.97. The number of hydrogen-bond acceptors (Lipinski definition) is 4. The summed E-state index contributed by atoms with van der Waals surface area (Å²) in [6, 6.07) is 8.69. The molecule has 0 saturated heterocycles. The summed E-state index contributed by atoms with van der Waals surface area (Å²) in [5.74, 6) is -0.408. The molecule has 5 nitrogen and oxygen atoms in total. The predicted molar refractivity (Wildman–Crippen MR) is 76.3 cm³/mol. The molecule has 20 heavy (non-hydrogen) atoms. The summed E-state index contributed by atoms with van der Waals surface area (Å²) in [5.41, 5.74) is 8.94. The zero-order valence-electron chi connectivity index (χ0n) is 11.3. The van der Waals surface area contributed by atoms with Gasteiger partial charge in [-0.2, -0.15) is 0 Å². The molecule has 102 valence electrons. The van der Waals surface area contributed by atoms with E-state index in [0.717, 1.165) is 11.1 Å². The summed E-state index contributed by atoms with van der Waals surface area (Å²) in [6.45, 7) is 3.91. The molecule has 5 heteroatoms. The van der Waals surface area contributed by atoms with Crippen molar-refractivity contribution < 1.29 is 9.63 Å². The molecule has 0 aliphatic rings. The Morgan fingerprint density at radius 3 is 2.45 bits per heavy atom. The van der Waals surface area contributed by atoms with Crippen molar-refractivity contribution >= 4 is 11.8 Å². The van der Waals surface area contributed by atoms with Crippen molar-refractivity contribution in [1.29, 1.82) is 0 Å². The summed E-state index contributed by atoms with van der Waals surface area (Å²) in [5, 5.41) is 3.64. The fourth-order valence-electron chi connectivity index (χ4n) is 1.59. The first-order valence-corrected chi connectivity index (χ1v) is 6.10. The topological polar surface area (TPSA) is 77.6 Å². The third-order valence-electron chi connectivity index (χ3n) is 2.95. The standard InChI is InChI=1S/C15H15N3O2/c1-10-3-4-13(9-11(10)2)15(19)20-18-14(16)12-5-7-17-8-6-12/h3-9H,1-2H3,(H2,16,18). The highest BCUT2D eigenvalue weighted by Gasteiger charge is 2.09. The van der Waals surface area contributed by atoms with E-state index in [4.69, 9.17) is 10.6 Å². The molecule has 2 N–H and O–H groups in total. The highest BCUT2D eigenvalue weighted by molar-refractivity contribution is 5.98. The number of rotatable bonds is 3. The minimum atomic E-state index is -0.537. The molecule has 1 aromatic heterocycles. The Balaban J connectivity index is 2.10. The molecule has 0 saturated carbocycles. The molecule has 2 rings (SSSR count). The van der Waals surface area contributed by atoms with Crippen LogP contribution in [0.3, 0.4) is 0 Å². The molecule has 0 amide bonds. The van der Waals surface area contributed by atoms with Crippen LogP contribution in [0.2, 0.25) is 0 Å². The van der Waals surface area contributed by atoms with Crippen LogP contribution in [0.15, 0.2) is 47.9 Å². The predicted octanol–water partition coefficient (Wildman–Crippen LogP) is 2.18. The fraction of sp³-hybridized carbons (Fsp3) is 0.133. The number of carbonyl (C=O) groups excluding carboxylic acids is 1. The van der Waals surface area contributed by atoms with Crippen LogP contribution in [-0.2, 0) is 4.84 Å². The lowest BCUT2D eigenvalue weighted by molar-refractivity contribution is 0.0516. The van der Waals surface area contributed by atoms with E-state index in [2.05, 4.69) is 10.1 Å². The van der Waals surface area contributed by atoms with Crippen molar-refractivity contribution in [2.75, 3.05) is 0 Å². The average Bonchev–Trinajstić information content (AvgIpc) is 2.48. The Hall–Kier alpha value is -2.69. The minimum absolute atomic E-state index is 0.129. The van der Waals surface area contributed by atoms with Gasteiger partial charge in [0.2, 0.25) is 0 Å². The van der Waals surface area contributed by atoms with Crippen molar-refractivity contribution in [3.63, 3.8) is 0 Å². The number of amidine groups is 1. The summed E-state index contributed by atoms with van der Waals surface area (Å²) in [6.07, 6.45) is 3.17. The van der Waals surface area contributed by atoms with Gasteiger partial charge in [0.1, 0.15) is 0 Å². The van der Waals surface area contributed by atoms with Crippen LogP contribution in [0.1, 0.15) is 27.0 Å². The van der Waals surface area contributed by atoms with E-state index in [1.165, 1.54) is 0 Å². The van der Waals surface area contributed by atoms with E-state index in [0.29, 0.717) is 11.1 Å². The van der Waals surface area contributed by atoms with E-state index in [9.17, 15) is 4.79 Å². The first-order valence-electron chi connectivity index (χ1n) is 6.10. The second-order valence-corrected chi connectivity index (χ2v) is 4.39. The summed E-state index contributed by atoms with van der Waals surface area (Å²) < 4.78 is 0. The first kappa shape index (κ1) is 13.7. The van der Waals surface area contributed by atoms with Crippen molar-refractivity contribution in [2.45, 2.75) is 13.8 Å². The molecule has 0 spiro atoms. The van der Waals surface area contributed by atoms with Crippen molar-refractivity contribution in [3.8, 4) is 0 Å². The molecule has 2 aromatic rings. The van der Waals surface area contributed by atoms with Gasteiger partial charge < -0.3 is 10.6 Å². The van der Waals surface area contributed by atoms with Crippen LogP contribution in [0.25, 0.3) is 0 Å². The Morgan fingerprint density at radius 1 is 1.10 bits per heavy atom. The number of nitrogens with two attached hydrogens (primary N) is 1. The number of benzene rings is 1. The van der Waals surface area contributed by atoms with Crippen molar-refractivity contribution in [1.82, 2.24) is 4.98 Å². The number of pyridine rings is 1. The lowest BCUT2D eigenvalue weighted by Gasteiger charge is -2.03. The molecule has 0 bridgehead atoms. The number of aromatic nitrogens is 1. The van der Waals surface area contributed by atoms with E-state index in [-0.39, 0.29) is 5.84 Å². The summed E-state index contributed by atoms with van der Waals surface area (Å²) in [4.78, 5) is 20.6. The van der Waals surface area contributed by atoms with Gasteiger partial charge in [0.15, 0.2) is 5.84 Å². The largest absolute Gasteiger partial charge is 0.380 e. The molecule has 0 radical (unpaired) electrons. The van der Waals surface area contributed by atoms with Gasteiger partial charge in [0, 0.05) is 18.0 Å². The smallest absolute Gasteiger partial charge is 0.365 e. The van der Waals surface area contributed by atoms with Gasteiger partial charge in [0.05, 0.1) is 5.56 Å². The van der Waals surface area contributed by atoms with Crippen LogP contribution in [0, 0.1) is 13.8 Å². The number of nitrogens with zero attached hydrogens (tertiary/aromatic N) is 2. The second-order valence-electron chi connectivity index (χ2n) is 4.39. The Labute approximate surface area is 117 Å².